The van der Waals surface area contributed by atoms with Gasteiger partial charge in [-0.05, 0) is 56.0 Å². The van der Waals surface area contributed by atoms with Crippen molar-refractivity contribution in [2.75, 3.05) is 32.8 Å². The Labute approximate surface area is 230 Å². The van der Waals surface area contributed by atoms with E-state index in [1.807, 2.05) is 32.0 Å². The van der Waals surface area contributed by atoms with Gasteiger partial charge in [-0.3, -0.25) is 9.78 Å². The molecule has 1 N–H and O–H groups in total. The molecule has 0 aliphatic carbocycles. The molecule has 3 aromatic rings. The quantitative estimate of drug-likeness (QED) is 0.438. The largest absolute Gasteiger partial charge is 0.478 e. The van der Waals surface area contributed by atoms with Gasteiger partial charge >= 0.3 is 6.18 Å². The molecule has 0 radical (unpaired) electrons. The molecule has 40 heavy (non-hydrogen) atoms. The molecule has 1 spiro atoms. The number of fused-ring (bicyclic) bond motifs is 2. The van der Waals surface area contributed by atoms with Gasteiger partial charge in [-0.1, -0.05) is 13.0 Å². The minimum absolute atomic E-state index is 0.139. The first-order valence-corrected chi connectivity index (χ1v) is 13.6. The number of carbonyl (C=O) groups is 1. The average molecular weight is 556 g/mol. The van der Waals surface area contributed by atoms with Crippen molar-refractivity contribution < 1.29 is 27.4 Å². The van der Waals surface area contributed by atoms with E-state index in [1.54, 1.807) is 6.20 Å². The lowest BCUT2D eigenvalue weighted by Gasteiger charge is -2.45. The third-order valence-electron chi connectivity index (χ3n) is 7.46. The molecule has 0 bridgehead atoms. The first-order valence-electron chi connectivity index (χ1n) is 13.6. The highest BCUT2D eigenvalue weighted by Gasteiger charge is 2.43. The fraction of sp³-hybridized carbons (Fsp3) is 0.448. The summed E-state index contributed by atoms with van der Waals surface area (Å²) in [6, 6.07) is 10.3. The lowest BCUT2D eigenvalue weighted by Crippen LogP contribution is -2.52. The van der Waals surface area contributed by atoms with Crippen LogP contribution in [0.3, 0.4) is 0 Å². The molecule has 0 aromatic carbocycles. The maximum absolute atomic E-state index is 13.8. The second-order valence-electron chi connectivity index (χ2n) is 10.0. The summed E-state index contributed by atoms with van der Waals surface area (Å²) in [4.78, 5) is 27.7. The molecule has 5 rings (SSSR count). The number of pyridine rings is 3. The molecule has 0 unspecified atom stereocenters. The highest BCUT2D eigenvalue weighted by Crippen LogP contribution is 2.41. The van der Waals surface area contributed by atoms with Gasteiger partial charge in [0.15, 0.2) is 5.69 Å². The zero-order valence-corrected chi connectivity index (χ0v) is 22.6. The van der Waals surface area contributed by atoms with Gasteiger partial charge in [0, 0.05) is 43.9 Å². The summed E-state index contributed by atoms with van der Waals surface area (Å²) in [7, 11) is 0. The van der Waals surface area contributed by atoms with Crippen LogP contribution in [0.15, 0.2) is 42.6 Å². The third-order valence-corrected chi connectivity index (χ3v) is 7.46. The maximum Gasteiger partial charge on any atom is 0.434 e. The smallest absolute Gasteiger partial charge is 0.434 e. The van der Waals surface area contributed by atoms with E-state index < -0.39 is 23.3 Å². The Kier molecular flexibility index (Phi) is 7.93. The van der Waals surface area contributed by atoms with Crippen molar-refractivity contribution >= 4 is 5.91 Å². The third kappa shape index (κ3) is 5.47. The molecule has 212 valence electrons. The highest BCUT2D eigenvalue weighted by molar-refractivity contribution is 5.95. The SMILES string of the molecule is CCCOc1ccc(C(=O)N2CCC3(CC2)CNCc2nc(-c4cccnc4OCC)ccc23)c(C(F)(F)F)n1. The Morgan fingerprint density at radius 3 is 2.60 bits per heavy atom. The Morgan fingerprint density at radius 2 is 1.88 bits per heavy atom. The van der Waals surface area contributed by atoms with Crippen LogP contribution in [0.4, 0.5) is 13.2 Å². The highest BCUT2D eigenvalue weighted by atomic mass is 19.4. The van der Waals surface area contributed by atoms with Crippen molar-refractivity contribution in [3.05, 3.63) is 65.1 Å². The van der Waals surface area contributed by atoms with E-state index in [1.165, 1.54) is 17.0 Å². The van der Waals surface area contributed by atoms with Gasteiger partial charge in [0.25, 0.3) is 5.91 Å². The molecule has 2 aliphatic heterocycles. The number of amides is 1. The van der Waals surface area contributed by atoms with Gasteiger partial charge in [0.1, 0.15) is 0 Å². The molecule has 11 heteroatoms. The summed E-state index contributed by atoms with van der Waals surface area (Å²) >= 11 is 0. The summed E-state index contributed by atoms with van der Waals surface area (Å²) in [6.45, 7) is 6.44. The summed E-state index contributed by atoms with van der Waals surface area (Å²) in [5, 5.41) is 3.46. The van der Waals surface area contributed by atoms with Gasteiger partial charge in [-0.15, -0.1) is 0 Å². The zero-order chi connectivity index (χ0) is 28.3. The first kappa shape index (κ1) is 27.8. The van der Waals surface area contributed by atoms with Crippen molar-refractivity contribution in [2.45, 2.75) is 51.2 Å². The fourth-order valence-corrected chi connectivity index (χ4v) is 5.49. The number of alkyl halides is 3. The Hall–Kier alpha value is -3.73. The van der Waals surface area contributed by atoms with Gasteiger partial charge in [-0.2, -0.15) is 13.2 Å². The lowest BCUT2D eigenvalue weighted by atomic mass is 9.70. The molecule has 1 saturated heterocycles. The van der Waals surface area contributed by atoms with Gasteiger partial charge < -0.3 is 19.7 Å². The number of likely N-dealkylation sites (tertiary alicyclic amines) is 1. The monoisotopic (exact) mass is 555 g/mol. The molecule has 1 amide bonds. The maximum atomic E-state index is 13.8. The van der Waals surface area contributed by atoms with Crippen molar-refractivity contribution in [3.8, 4) is 23.0 Å². The lowest BCUT2D eigenvalue weighted by molar-refractivity contribution is -0.141. The zero-order valence-electron chi connectivity index (χ0n) is 22.6. The van der Waals surface area contributed by atoms with Crippen LogP contribution >= 0.6 is 0 Å². The Bertz CT molecular complexity index is 1370. The minimum Gasteiger partial charge on any atom is -0.478 e. The van der Waals surface area contributed by atoms with E-state index in [4.69, 9.17) is 14.5 Å². The number of ether oxygens (including phenoxy) is 2. The van der Waals surface area contributed by atoms with Crippen molar-refractivity contribution in [2.24, 2.45) is 0 Å². The summed E-state index contributed by atoms with van der Waals surface area (Å²) in [5.74, 6) is -0.283. The molecule has 0 saturated carbocycles. The van der Waals surface area contributed by atoms with E-state index in [0.29, 0.717) is 57.9 Å². The van der Waals surface area contributed by atoms with Crippen LogP contribution in [-0.4, -0.2) is 58.6 Å². The van der Waals surface area contributed by atoms with Crippen molar-refractivity contribution in [1.82, 2.24) is 25.2 Å². The van der Waals surface area contributed by atoms with E-state index in [0.717, 1.165) is 22.5 Å². The van der Waals surface area contributed by atoms with E-state index >= 15 is 0 Å². The standard InChI is InChI=1S/C29H32F3N5O3/c1-3-16-40-24-10-7-20(25(36-24)29(30,31)32)27(38)37-14-11-28(12-15-37)18-33-17-23-21(28)8-9-22(35-23)19-6-5-13-34-26(19)39-4-2/h5-10,13,33H,3-4,11-12,14-18H2,1-2H3. The minimum atomic E-state index is -4.78. The van der Waals surface area contributed by atoms with E-state index in [2.05, 4.69) is 21.4 Å². The number of aromatic nitrogens is 3. The molecular formula is C29H32F3N5O3. The predicted octanol–water partition coefficient (Wildman–Crippen LogP) is 5.02. The van der Waals surface area contributed by atoms with E-state index in [9.17, 15) is 18.0 Å². The first-order chi connectivity index (χ1) is 19.3. The normalized spacial score (nSPS) is 16.5. The second-order valence-corrected chi connectivity index (χ2v) is 10.0. The Morgan fingerprint density at radius 1 is 1.07 bits per heavy atom. The van der Waals surface area contributed by atoms with Crippen molar-refractivity contribution in [3.63, 3.8) is 0 Å². The summed E-state index contributed by atoms with van der Waals surface area (Å²) < 4.78 is 52.5. The number of nitrogens with one attached hydrogen (secondary N) is 1. The number of piperidine rings is 1. The van der Waals surface area contributed by atoms with Gasteiger partial charge in [0.05, 0.1) is 35.7 Å². The number of halogens is 3. The van der Waals surface area contributed by atoms with Crippen LogP contribution in [0.1, 0.15) is 60.4 Å². The van der Waals surface area contributed by atoms with Crippen LogP contribution in [-0.2, 0) is 18.1 Å². The van der Waals surface area contributed by atoms with Crippen LogP contribution in [0.5, 0.6) is 11.8 Å². The van der Waals surface area contributed by atoms with Gasteiger partial charge in [-0.25, -0.2) is 9.97 Å². The molecule has 3 aromatic heterocycles. The predicted molar refractivity (Wildman–Crippen MR) is 142 cm³/mol. The second kappa shape index (κ2) is 11.4. The molecule has 5 heterocycles. The molecule has 2 aliphatic rings. The Balaban J connectivity index is 1.36. The van der Waals surface area contributed by atoms with Crippen LogP contribution in [0.2, 0.25) is 0 Å². The van der Waals surface area contributed by atoms with Crippen LogP contribution in [0.25, 0.3) is 11.3 Å². The molecular weight excluding hydrogens is 523 g/mol. The number of nitrogens with zero attached hydrogens (tertiary/aromatic N) is 4. The fourth-order valence-electron chi connectivity index (χ4n) is 5.49. The molecule has 1 fully saturated rings. The summed E-state index contributed by atoms with van der Waals surface area (Å²) in [5.41, 5.74) is 1.67. The van der Waals surface area contributed by atoms with Crippen molar-refractivity contribution in [1.29, 1.82) is 0 Å². The topological polar surface area (TPSA) is 89.5 Å². The average Bonchev–Trinajstić information content (AvgIpc) is 2.96. The summed E-state index contributed by atoms with van der Waals surface area (Å²) in [6.07, 6.45) is -1.27. The van der Waals surface area contributed by atoms with E-state index in [-0.39, 0.29) is 17.9 Å². The molecule has 0 atom stereocenters. The van der Waals surface area contributed by atoms with Gasteiger partial charge in [0.2, 0.25) is 11.8 Å². The van der Waals surface area contributed by atoms with Crippen LogP contribution < -0.4 is 14.8 Å². The number of hydrogen-bond donors (Lipinski definition) is 1. The number of rotatable bonds is 7. The number of hydrogen-bond acceptors (Lipinski definition) is 7. The van der Waals surface area contributed by atoms with Crippen LogP contribution in [0, 0.1) is 0 Å². The molecule has 8 nitrogen and oxygen atoms in total. The number of carbonyl (C=O) groups excluding carboxylic acids is 1.